The van der Waals surface area contributed by atoms with Gasteiger partial charge in [0.1, 0.15) is 6.54 Å². The van der Waals surface area contributed by atoms with Crippen molar-refractivity contribution in [2.24, 2.45) is 4.99 Å². The van der Waals surface area contributed by atoms with E-state index in [9.17, 15) is 22.8 Å². The Hall–Kier alpha value is -3.55. The molecule has 13 heteroatoms. The molecular formula is C26H30N4O7S2. The van der Waals surface area contributed by atoms with Gasteiger partial charge in [0.2, 0.25) is 10.0 Å². The van der Waals surface area contributed by atoms with E-state index >= 15 is 0 Å². The molecule has 39 heavy (non-hydrogen) atoms. The van der Waals surface area contributed by atoms with Crippen molar-refractivity contribution < 1.29 is 32.3 Å². The van der Waals surface area contributed by atoms with Gasteiger partial charge in [0.05, 0.1) is 28.3 Å². The molecule has 1 aliphatic rings. The van der Waals surface area contributed by atoms with Gasteiger partial charge >= 0.3 is 12.1 Å². The number of hydrogen-bond donors (Lipinski definition) is 0. The van der Waals surface area contributed by atoms with Crippen molar-refractivity contribution in [2.45, 2.75) is 32.2 Å². The highest BCUT2D eigenvalue weighted by molar-refractivity contribution is 7.89. The molecule has 11 nitrogen and oxygen atoms in total. The number of para-hydroxylation sites is 1. The number of aryl methyl sites for hydroxylation is 1. The molecule has 0 bridgehead atoms. The summed E-state index contributed by atoms with van der Waals surface area (Å²) in [7, 11) is -3.81. The van der Waals surface area contributed by atoms with E-state index in [2.05, 4.69) is 4.99 Å². The van der Waals surface area contributed by atoms with Gasteiger partial charge in [0, 0.05) is 31.7 Å². The number of nitrogens with zero attached hydrogens (tertiary/aromatic N) is 4. The first-order valence-electron chi connectivity index (χ1n) is 12.5. The zero-order valence-electron chi connectivity index (χ0n) is 22.0. The van der Waals surface area contributed by atoms with E-state index in [4.69, 9.17) is 9.47 Å². The molecule has 0 radical (unpaired) electrons. The summed E-state index contributed by atoms with van der Waals surface area (Å²) in [6.45, 7) is 6.49. The van der Waals surface area contributed by atoms with Crippen LogP contribution in [0.2, 0.25) is 0 Å². The molecule has 1 aromatic heterocycles. The van der Waals surface area contributed by atoms with Crippen LogP contribution in [0.15, 0.2) is 52.4 Å². The third kappa shape index (κ3) is 6.21. The Balaban J connectivity index is 1.56. The van der Waals surface area contributed by atoms with Crippen molar-refractivity contribution in [2.75, 3.05) is 39.4 Å². The minimum absolute atomic E-state index is 0.0403. The number of piperazine rings is 1. The molecule has 0 unspecified atom stereocenters. The number of aromatic nitrogens is 1. The number of carbonyl (C=O) groups is 3. The third-order valence-electron chi connectivity index (χ3n) is 6.20. The first-order valence-corrected chi connectivity index (χ1v) is 14.8. The van der Waals surface area contributed by atoms with Crippen molar-refractivity contribution in [3.05, 3.63) is 58.4 Å². The molecule has 1 saturated heterocycles. The molecule has 1 fully saturated rings. The lowest BCUT2D eigenvalue weighted by molar-refractivity contribution is -0.143. The highest BCUT2D eigenvalue weighted by Crippen LogP contribution is 2.22. The van der Waals surface area contributed by atoms with E-state index in [1.165, 1.54) is 44.8 Å². The Morgan fingerprint density at radius 1 is 0.949 bits per heavy atom. The van der Waals surface area contributed by atoms with Crippen LogP contribution in [0.3, 0.4) is 0 Å². The Morgan fingerprint density at radius 2 is 1.62 bits per heavy atom. The summed E-state index contributed by atoms with van der Waals surface area (Å²) in [5, 5.41) is 0. The van der Waals surface area contributed by atoms with Crippen molar-refractivity contribution in [1.82, 2.24) is 13.8 Å². The Labute approximate surface area is 230 Å². The van der Waals surface area contributed by atoms with Crippen molar-refractivity contribution in [1.29, 1.82) is 0 Å². The first-order chi connectivity index (χ1) is 18.6. The number of amides is 2. The lowest BCUT2D eigenvalue weighted by Crippen LogP contribution is -2.50. The van der Waals surface area contributed by atoms with Gasteiger partial charge in [0.15, 0.2) is 4.80 Å². The largest absolute Gasteiger partial charge is 0.465 e. The molecule has 0 spiro atoms. The summed E-state index contributed by atoms with van der Waals surface area (Å²) in [4.78, 5) is 43.3. The predicted molar refractivity (Wildman–Crippen MR) is 145 cm³/mol. The Bertz CT molecular complexity index is 1550. The fourth-order valence-corrected chi connectivity index (χ4v) is 6.80. The zero-order chi connectivity index (χ0) is 28.2. The summed E-state index contributed by atoms with van der Waals surface area (Å²) < 4.78 is 40.2. The lowest BCUT2D eigenvalue weighted by Gasteiger charge is -2.33. The second-order valence-electron chi connectivity index (χ2n) is 8.73. The molecule has 2 aromatic carbocycles. The highest BCUT2D eigenvalue weighted by Gasteiger charge is 2.30. The maximum Gasteiger partial charge on any atom is 0.409 e. The van der Waals surface area contributed by atoms with Gasteiger partial charge in [-0.15, -0.1) is 0 Å². The molecule has 0 N–H and O–H groups in total. The number of carbonyl (C=O) groups excluding carboxylic acids is 3. The summed E-state index contributed by atoms with van der Waals surface area (Å²) in [5.41, 5.74) is 1.93. The second-order valence-corrected chi connectivity index (χ2v) is 11.7. The summed E-state index contributed by atoms with van der Waals surface area (Å²) in [5.74, 6) is -1.00. The maximum absolute atomic E-state index is 13.1. The van der Waals surface area contributed by atoms with Crippen LogP contribution < -0.4 is 4.80 Å². The van der Waals surface area contributed by atoms with Crippen molar-refractivity contribution >= 4 is 49.5 Å². The molecule has 2 amide bonds. The number of thiazole rings is 1. The zero-order valence-corrected chi connectivity index (χ0v) is 23.6. The van der Waals surface area contributed by atoms with Crippen LogP contribution in [0.4, 0.5) is 4.79 Å². The number of benzene rings is 2. The second kappa shape index (κ2) is 12.1. The fraction of sp³-hybridized carbons (Fsp3) is 0.385. The minimum Gasteiger partial charge on any atom is -0.465 e. The summed E-state index contributed by atoms with van der Waals surface area (Å²) >= 11 is 1.28. The van der Waals surface area contributed by atoms with E-state index < -0.39 is 28.0 Å². The predicted octanol–water partition coefficient (Wildman–Crippen LogP) is 2.78. The van der Waals surface area contributed by atoms with Crippen molar-refractivity contribution in [3.63, 3.8) is 0 Å². The monoisotopic (exact) mass is 574 g/mol. The minimum atomic E-state index is -3.81. The fourth-order valence-electron chi connectivity index (χ4n) is 4.27. The first kappa shape index (κ1) is 28.5. The van der Waals surface area contributed by atoms with E-state index in [1.54, 1.807) is 18.4 Å². The third-order valence-corrected chi connectivity index (χ3v) is 9.15. The molecule has 0 aliphatic carbocycles. The molecule has 208 valence electrons. The average molecular weight is 575 g/mol. The molecule has 1 aliphatic heterocycles. The van der Waals surface area contributed by atoms with E-state index in [0.717, 1.165) is 15.8 Å². The van der Waals surface area contributed by atoms with Gasteiger partial charge in [-0.1, -0.05) is 23.5 Å². The van der Waals surface area contributed by atoms with E-state index in [0.29, 0.717) is 4.80 Å². The quantitative estimate of drug-likeness (QED) is 0.397. The normalized spacial score (nSPS) is 14.9. The number of rotatable bonds is 7. The highest BCUT2D eigenvalue weighted by atomic mass is 32.2. The number of sulfonamides is 1. The molecule has 2 heterocycles. The molecule has 0 saturated carbocycles. The van der Waals surface area contributed by atoms with Crippen LogP contribution in [0.25, 0.3) is 10.2 Å². The van der Waals surface area contributed by atoms with Gasteiger partial charge < -0.3 is 18.9 Å². The van der Waals surface area contributed by atoms with Gasteiger partial charge in [-0.25, -0.2) is 13.2 Å². The van der Waals surface area contributed by atoms with Crippen LogP contribution in [-0.4, -0.2) is 79.6 Å². The van der Waals surface area contributed by atoms with Crippen LogP contribution in [-0.2, 0) is 30.8 Å². The van der Waals surface area contributed by atoms with E-state index in [-0.39, 0.29) is 56.4 Å². The Morgan fingerprint density at radius 3 is 2.26 bits per heavy atom. The SMILES string of the molecule is CCOC(=O)Cn1c(=NC(=O)c2ccc(S(=O)(=O)N3CCN(C(=O)OCC)CC3)cc2)sc2cccc(C)c21. The number of ether oxygens (including phenoxy) is 2. The van der Waals surface area contributed by atoms with Crippen LogP contribution in [0.1, 0.15) is 29.8 Å². The summed E-state index contributed by atoms with van der Waals surface area (Å²) in [6.07, 6.45) is -0.460. The summed E-state index contributed by atoms with van der Waals surface area (Å²) in [6, 6.07) is 11.3. The lowest BCUT2D eigenvalue weighted by atomic mass is 10.2. The smallest absolute Gasteiger partial charge is 0.409 e. The van der Waals surface area contributed by atoms with Gasteiger partial charge in [-0.05, 0) is 56.7 Å². The Kier molecular flexibility index (Phi) is 8.83. The van der Waals surface area contributed by atoms with Gasteiger partial charge in [-0.2, -0.15) is 9.30 Å². The van der Waals surface area contributed by atoms with Crippen LogP contribution >= 0.6 is 11.3 Å². The maximum atomic E-state index is 13.1. The average Bonchev–Trinajstić information content (AvgIpc) is 3.26. The standard InChI is InChI=1S/C26H30N4O7S2/c1-4-36-22(31)17-30-23-18(3)7-6-8-21(23)38-25(30)27-24(32)19-9-11-20(12-10-19)39(34,35)29-15-13-28(14-16-29)26(33)37-5-2/h6-12H,4-5,13-17H2,1-3H3. The van der Waals surface area contributed by atoms with Crippen LogP contribution in [0, 0.1) is 6.92 Å². The molecule has 3 aromatic rings. The molecule has 0 atom stereocenters. The number of fused-ring (bicyclic) bond motifs is 1. The van der Waals surface area contributed by atoms with Gasteiger partial charge in [0.25, 0.3) is 5.91 Å². The van der Waals surface area contributed by atoms with E-state index in [1.807, 2.05) is 25.1 Å². The molecular weight excluding hydrogens is 544 g/mol. The molecule has 4 rings (SSSR count). The number of hydrogen-bond acceptors (Lipinski definition) is 8. The van der Waals surface area contributed by atoms with Gasteiger partial charge in [-0.3, -0.25) is 9.59 Å². The number of esters is 1. The van der Waals surface area contributed by atoms with Crippen LogP contribution in [0.5, 0.6) is 0 Å². The topological polar surface area (TPSA) is 128 Å². The van der Waals surface area contributed by atoms with Crippen molar-refractivity contribution in [3.8, 4) is 0 Å².